The highest BCUT2D eigenvalue weighted by atomic mass is 32.2. The van der Waals surface area contributed by atoms with Gasteiger partial charge in [0.25, 0.3) is 5.91 Å². The molecule has 1 atom stereocenters. The number of amides is 2. The molecule has 14 heteroatoms. The van der Waals surface area contributed by atoms with Gasteiger partial charge >= 0.3 is 0 Å². The molecular formula is C27H34N4O7S3. The molecule has 0 spiro atoms. The second-order valence-electron chi connectivity index (χ2n) is 10.8. The number of primary sulfonamides is 1. The number of thiazole rings is 1. The van der Waals surface area contributed by atoms with Crippen molar-refractivity contribution in [2.45, 2.75) is 37.0 Å². The van der Waals surface area contributed by atoms with Gasteiger partial charge in [-0.2, -0.15) is 0 Å². The Morgan fingerprint density at radius 2 is 1.68 bits per heavy atom. The molecule has 0 aliphatic heterocycles. The van der Waals surface area contributed by atoms with E-state index < -0.39 is 47.8 Å². The summed E-state index contributed by atoms with van der Waals surface area (Å²) in [5.41, 5.74) is 2.22. The van der Waals surface area contributed by atoms with Gasteiger partial charge in [-0.15, -0.1) is 11.3 Å². The van der Waals surface area contributed by atoms with Crippen molar-refractivity contribution in [3.05, 3.63) is 53.0 Å². The summed E-state index contributed by atoms with van der Waals surface area (Å²) < 4.78 is 53.2. The Morgan fingerprint density at radius 3 is 2.24 bits per heavy atom. The molecule has 1 unspecified atom stereocenters. The smallest absolute Gasteiger partial charge is 0.251 e. The maximum atomic E-state index is 13.5. The van der Waals surface area contributed by atoms with Crippen LogP contribution < -0.4 is 15.8 Å². The Morgan fingerprint density at radius 1 is 1.05 bits per heavy atom. The highest BCUT2D eigenvalue weighted by Gasteiger charge is 2.61. The van der Waals surface area contributed by atoms with E-state index in [0.29, 0.717) is 35.2 Å². The average molecular weight is 623 g/mol. The van der Waals surface area contributed by atoms with E-state index in [-0.39, 0.29) is 17.5 Å². The van der Waals surface area contributed by atoms with Crippen molar-refractivity contribution in [1.29, 1.82) is 0 Å². The van der Waals surface area contributed by atoms with Crippen LogP contribution in [0.3, 0.4) is 0 Å². The molecule has 1 aliphatic rings. The molecule has 4 rings (SSSR count). The number of methoxy groups -OCH3 is 1. The first-order chi connectivity index (χ1) is 19.1. The number of nitrogens with zero attached hydrogens (tertiary/aromatic N) is 1. The normalized spacial score (nSPS) is 15.8. The number of nitrogens with two attached hydrogens (primary N) is 1. The second-order valence-corrected chi connectivity index (χ2v) is 15.8. The molecule has 0 bridgehead atoms. The molecule has 222 valence electrons. The maximum Gasteiger partial charge on any atom is 0.251 e. The number of sulfone groups is 1. The number of nitrogens with one attached hydrogen (secondary N) is 2. The minimum absolute atomic E-state index is 0.147. The molecule has 2 aromatic carbocycles. The zero-order chi connectivity index (χ0) is 30.2. The number of sulfonamides is 1. The van der Waals surface area contributed by atoms with Gasteiger partial charge in [-0.3, -0.25) is 9.59 Å². The molecule has 1 fully saturated rings. The Kier molecular flexibility index (Phi) is 8.63. The highest BCUT2D eigenvalue weighted by molar-refractivity contribution is 7.92. The minimum atomic E-state index is -4.01. The third-order valence-corrected chi connectivity index (χ3v) is 11.1. The van der Waals surface area contributed by atoms with Crippen LogP contribution in [0.5, 0.6) is 0 Å². The third-order valence-electron chi connectivity index (χ3n) is 7.16. The van der Waals surface area contributed by atoms with Gasteiger partial charge in [0.15, 0.2) is 9.84 Å². The Balaban J connectivity index is 1.63. The number of carbonyl (C=O) groups is 2. The van der Waals surface area contributed by atoms with E-state index in [1.54, 1.807) is 25.3 Å². The van der Waals surface area contributed by atoms with Crippen LogP contribution in [0.4, 0.5) is 0 Å². The van der Waals surface area contributed by atoms with Gasteiger partial charge in [-0.25, -0.2) is 27.0 Å². The Bertz CT molecular complexity index is 1680. The maximum absolute atomic E-state index is 13.5. The molecule has 1 aliphatic carbocycles. The Labute approximate surface area is 243 Å². The zero-order valence-electron chi connectivity index (χ0n) is 23.3. The lowest BCUT2D eigenvalue weighted by Crippen LogP contribution is -2.52. The fourth-order valence-corrected chi connectivity index (χ4v) is 8.31. The molecule has 0 saturated heterocycles. The van der Waals surface area contributed by atoms with Crippen LogP contribution in [0.15, 0.2) is 42.5 Å². The number of hydrogen-bond donors (Lipinski definition) is 3. The predicted octanol–water partition coefficient (Wildman–Crippen LogP) is 2.17. The lowest BCUT2D eigenvalue weighted by atomic mass is 10.0. The van der Waals surface area contributed by atoms with E-state index in [1.165, 1.54) is 0 Å². The van der Waals surface area contributed by atoms with Gasteiger partial charge in [0.05, 0.1) is 21.6 Å². The summed E-state index contributed by atoms with van der Waals surface area (Å²) in [6, 6.07) is 12.6. The molecule has 1 heterocycles. The summed E-state index contributed by atoms with van der Waals surface area (Å²) in [6.45, 7) is 3.80. The number of benzene rings is 2. The number of fused-ring (bicyclic) bond motifs is 1. The molecule has 11 nitrogen and oxygen atoms in total. The summed E-state index contributed by atoms with van der Waals surface area (Å²) in [4.78, 5) is 30.6. The molecule has 2 amide bonds. The van der Waals surface area contributed by atoms with Crippen molar-refractivity contribution >= 4 is 53.2 Å². The van der Waals surface area contributed by atoms with Gasteiger partial charge < -0.3 is 15.4 Å². The first-order valence-corrected chi connectivity index (χ1v) is 17.3. The topological polar surface area (TPSA) is 175 Å². The monoisotopic (exact) mass is 622 g/mol. The summed E-state index contributed by atoms with van der Waals surface area (Å²) in [6.07, 6.45) is 2.07. The van der Waals surface area contributed by atoms with E-state index in [1.807, 2.05) is 38.1 Å². The van der Waals surface area contributed by atoms with Gasteiger partial charge in [0.1, 0.15) is 5.01 Å². The molecule has 4 N–H and O–H groups in total. The van der Waals surface area contributed by atoms with E-state index in [4.69, 9.17) is 9.88 Å². The Hall–Kier alpha value is -2.91. The van der Waals surface area contributed by atoms with Gasteiger partial charge in [0, 0.05) is 32.0 Å². The van der Waals surface area contributed by atoms with Crippen LogP contribution in [-0.4, -0.2) is 71.4 Å². The lowest BCUT2D eigenvalue weighted by molar-refractivity contribution is -0.124. The number of rotatable bonds is 12. The predicted molar refractivity (Wildman–Crippen MR) is 159 cm³/mol. The zero-order valence-corrected chi connectivity index (χ0v) is 25.7. The lowest BCUT2D eigenvalue weighted by Gasteiger charge is -2.28. The summed E-state index contributed by atoms with van der Waals surface area (Å²) in [7, 11) is -6.27. The van der Waals surface area contributed by atoms with Crippen molar-refractivity contribution in [3.63, 3.8) is 0 Å². The molecule has 3 aromatic rings. The number of ether oxygens (including phenoxy) is 1. The van der Waals surface area contributed by atoms with E-state index >= 15 is 0 Å². The van der Waals surface area contributed by atoms with Crippen molar-refractivity contribution in [2.24, 2.45) is 11.1 Å². The number of aromatic nitrogens is 1. The summed E-state index contributed by atoms with van der Waals surface area (Å²) in [5, 5.41) is 10.5. The average Bonchev–Trinajstić information content (AvgIpc) is 3.64. The van der Waals surface area contributed by atoms with E-state index in [9.17, 15) is 26.4 Å². The summed E-state index contributed by atoms with van der Waals surface area (Å²) >= 11 is 1.12. The number of carbonyl (C=O) groups excluding carboxylic acids is 2. The van der Waals surface area contributed by atoms with Crippen LogP contribution in [0.1, 0.15) is 42.1 Å². The largest absolute Gasteiger partial charge is 0.377 e. The first kappa shape index (κ1) is 31.0. The molecule has 1 saturated carbocycles. The molecule has 1 aromatic heterocycles. The standard InChI is InChI=1S/C27H34N4O7S3/c1-26(2,38-3)16-30-23(32)18-7-5-17(6-8-18)19-9-12-21-22(15-19)39-25(31-21)27(20-10-11-20,40(4,34)35)24(33)29-13-14-41(28,36)37/h5-9,12,15,20H,10-11,13-14,16H2,1-4H3,(H,29,33)(H,30,32)(H2,28,36,37). The molecule has 0 radical (unpaired) electrons. The van der Waals surface area contributed by atoms with Crippen LogP contribution in [-0.2, 0) is 34.1 Å². The van der Waals surface area contributed by atoms with Crippen LogP contribution >= 0.6 is 11.3 Å². The molecule has 41 heavy (non-hydrogen) atoms. The highest BCUT2D eigenvalue weighted by Crippen LogP contribution is 2.52. The second kappa shape index (κ2) is 11.4. The minimum Gasteiger partial charge on any atom is -0.377 e. The summed E-state index contributed by atoms with van der Waals surface area (Å²) in [5.74, 6) is -2.00. The van der Waals surface area contributed by atoms with Crippen molar-refractivity contribution in [3.8, 4) is 11.1 Å². The third kappa shape index (κ3) is 6.78. The van der Waals surface area contributed by atoms with Crippen molar-refractivity contribution < 1.29 is 31.2 Å². The first-order valence-electron chi connectivity index (χ1n) is 12.9. The van der Waals surface area contributed by atoms with Gasteiger partial charge in [0.2, 0.25) is 20.7 Å². The quantitative estimate of drug-likeness (QED) is 0.275. The fourth-order valence-electron chi connectivity index (χ4n) is 4.56. The molecular weight excluding hydrogens is 589 g/mol. The van der Waals surface area contributed by atoms with Crippen LogP contribution in [0.2, 0.25) is 0 Å². The van der Waals surface area contributed by atoms with Gasteiger partial charge in [-0.05, 0) is 68.0 Å². The number of hydrogen-bond acceptors (Lipinski definition) is 9. The van der Waals surface area contributed by atoms with Crippen LogP contribution in [0.25, 0.3) is 21.3 Å². The van der Waals surface area contributed by atoms with E-state index in [2.05, 4.69) is 15.6 Å². The van der Waals surface area contributed by atoms with E-state index in [0.717, 1.165) is 28.7 Å². The van der Waals surface area contributed by atoms with Crippen molar-refractivity contribution in [2.75, 3.05) is 32.2 Å². The van der Waals surface area contributed by atoms with Crippen LogP contribution in [0, 0.1) is 5.92 Å². The fraction of sp³-hybridized carbons (Fsp3) is 0.444. The van der Waals surface area contributed by atoms with Crippen molar-refractivity contribution in [1.82, 2.24) is 15.6 Å². The SMILES string of the molecule is COC(C)(C)CNC(=O)c1ccc(-c2ccc3nc(C(C(=O)NCCS(N)(=O)=O)(C4CC4)S(C)(=O)=O)sc3c2)cc1. The van der Waals surface area contributed by atoms with Gasteiger partial charge in [-0.1, -0.05) is 18.2 Å².